The van der Waals surface area contributed by atoms with Crippen LogP contribution in [0.2, 0.25) is 0 Å². The third-order valence-corrected chi connectivity index (χ3v) is 3.32. The Morgan fingerprint density at radius 3 is 2.50 bits per heavy atom. The van der Waals surface area contributed by atoms with E-state index in [1.807, 2.05) is 35.7 Å². The molecule has 5 heteroatoms. The average Bonchev–Trinajstić information content (AvgIpc) is 2.75. The fourth-order valence-electron chi connectivity index (χ4n) is 1.60. The Kier molecular flexibility index (Phi) is 3.96. The molecule has 0 aliphatic carbocycles. The van der Waals surface area contributed by atoms with Crippen LogP contribution in [0.15, 0.2) is 35.7 Å². The van der Waals surface area contributed by atoms with E-state index in [-0.39, 0.29) is 5.91 Å². The number of nitrogen functional groups attached to an aromatic ring is 1. The van der Waals surface area contributed by atoms with Crippen LogP contribution in [-0.4, -0.2) is 5.91 Å². The van der Waals surface area contributed by atoms with Crippen molar-refractivity contribution in [3.05, 3.63) is 46.8 Å². The zero-order valence-corrected chi connectivity index (χ0v) is 10.7. The number of carbonyl (C=O) groups is 1. The fraction of sp³-hybridized carbons (Fsp3) is 0.154. The van der Waals surface area contributed by atoms with Crippen molar-refractivity contribution in [3.8, 4) is 0 Å². The van der Waals surface area contributed by atoms with Gasteiger partial charge in [-0.3, -0.25) is 4.79 Å². The van der Waals surface area contributed by atoms with Crippen LogP contribution in [0.5, 0.6) is 0 Å². The van der Waals surface area contributed by atoms with E-state index in [0.29, 0.717) is 13.0 Å². The Morgan fingerprint density at radius 2 is 1.94 bits per heavy atom. The summed E-state index contributed by atoms with van der Waals surface area (Å²) in [6.07, 6.45) is 0.340. The van der Waals surface area contributed by atoms with E-state index >= 15 is 0 Å². The first-order chi connectivity index (χ1) is 8.67. The molecule has 18 heavy (non-hydrogen) atoms. The zero-order valence-electron chi connectivity index (χ0n) is 9.85. The number of hydrogen-bond acceptors (Lipinski definition) is 4. The highest BCUT2D eigenvalue weighted by atomic mass is 32.1. The molecular formula is C13H15N3OS. The number of thiophene rings is 1. The second-order valence-electron chi connectivity index (χ2n) is 3.98. The summed E-state index contributed by atoms with van der Waals surface area (Å²) in [4.78, 5) is 11.8. The van der Waals surface area contributed by atoms with Crippen LogP contribution in [0.25, 0.3) is 0 Å². The van der Waals surface area contributed by atoms with Crippen molar-refractivity contribution in [1.82, 2.24) is 0 Å². The van der Waals surface area contributed by atoms with Gasteiger partial charge in [-0.15, -0.1) is 11.3 Å². The van der Waals surface area contributed by atoms with Crippen LogP contribution in [0.3, 0.4) is 0 Å². The van der Waals surface area contributed by atoms with Gasteiger partial charge in [0, 0.05) is 12.2 Å². The molecule has 0 aliphatic rings. The second kappa shape index (κ2) is 5.66. The highest BCUT2D eigenvalue weighted by molar-refractivity contribution is 7.14. The first-order valence-corrected chi connectivity index (χ1v) is 6.47. The predicted octanol–water partition coefficient (Wildman–Crippen LogP) is 1.97. The molecule has 0 radical (unpaired) electrons. The number of amides is 1. The van der Waals surface area contributed by atoms with E-state index in [9.17, 15) is 4.79 Å². The lowest BCUT2D eigenvalue weighted by Crippen LogP contribution is -2.14. The molecule has 0 bridgehead atoms. The number of anilines is 2. The number of hydrogen-bond donors (Lipinski definition) is 3. The topological polar surface area (TPSA) is 81.1 Å². The Balaban J connectivity index is 1.94. The lowest BCUT2D eigenvalue weighted by Gasteiger charge is -2.05. The van der Waals surface area contributed by atoms with Crippen LogP contribution in [0.1, 0.15) is 11.1 Å². The largest absolute Gasteiger partial charge is 0.391 e. The van der Waals surface area contributed by atoms with Gasteiger partial charge in [-0.05, 0) is 34.7 Å². The van der Waals surface area contributed by atoms with E-state index in [4.69, 9.17) is 11.5 Å². The predicted molar refractivity (Wildman–Crippen MR) is 75.4 cm³/mol. The van der Waals surface area contributed by atoms with Crippen molar-refractivity contribution in [2.24, 2.45) is 5.73 Å². The molecule has 0 saturated heterocycles. The van der Waals surface area contributed by atoms with Gasteiger partial charge in [0.15, 0.2) is 0 Å². The minimum absolute atomic E-state index is 0.0479. The molecule has 0 atom stereocenters. The number of benzene rings is 1. The van der Waals surface area contributed by atoms with E-state index in [2.05, 4.69) is 5.32 Å². The lowest BCUT2D eigenvalue weighted by atomic mass is 10.2. The molecule has 0 fully saturated rings. The fourth-order valence-corrected chi connectivity index (χ4v) is 2.26. The molecule has 1 aromatic heterocycles. The molecule has 2 rings (SSSR count). The van der Waals surface area contributed by atoms with Gasteiger partial charge in [-0.1, -0.05) is 12.1 Å². The van der Waals surface area contributed by atoms with Gasteiger partial charge in [0.25, 0.3) is 0 Å². The Bertz CT molecular complexity index is 533. The number of nitrogens with one attached hydrogen (secondary N) is 1. The maximum Gasteiger partial charge on any atom is 0.228 e. The van der Waals surface area contributed by atoms with Gasteiger partial charge in [-0.2, -0.15) is 0 Å². The Hall–Kier alpha value is -1.85. The van der Waals surface area contributed by atoms with Crippen molar-refractivity contribution in [2.75, 3.05) is 11.1 Å². The van der Waals surface area contributed by atoms with Crippen LogP contribution in [0.4, 0.5) is 10.7 Å². The van der Waals surface area contributed by atoms with E-state index in [1.54, 1.807) is 0 Å². The molecule has 94 valence electrons. The van der Waals surface area contributed by atoms with E-state index in [1.165, 1.54) is 11.3 Å². The van der Waals surface area contributed by atoms with E-state index in [0.717, 1.165) is 21.8 Å². The zero-order chi connectivity index (χ0) is 13.0. The number of rotatable bonds is 4. The normalized spacial score (nSPS) is 10.3. The van der Waals surface area contributed by atoms with Crippen LogP contribution in [-0.2, 0) is 17.8 Å². The first kappa shape index (κ1) is 12.6. The molecular weight excluding hydrogens is 246 g/mol. The van der Waals surface area contributed by atoms with Crippen LogP contribution < -0.4 is 16.8 Å². The molecule has 1 heterocycles. The Morgan fingerprint density at radius 1 is 1.22 bits per heavy atom. The summed E-state index contributed by atoms with van der Waals surface area (Å²) in [6, 6.07) is 9.32. The molecule has 1 aromatic carbocycles. The summed E-state index contributed by atoms with van der Waals surface area (Å²) < 4.78 is 0. The highest BCUT2D eigenvalue weighted by Crippen LogP contribution is 2.17. The second-order valence-corrected chi connectivity index (χ2v) is 4.93. The first-order valence-electron chi connectivity index (χ1n) is 5.59. The van der Waals surface area contributed by atoms with E-state index < -0.39 is 0 Å². The molecule has 0 aliphatic heterocycles. The van der Waals surface area contributed by atoms with Crippen molar-refractivity contribution < 1.29 is 4.79 Å². The van der Waals surface area contributed by atoms with Gasteiger partial charge < -0.3 is 16.8 Å². The van der Waals surface area contributed by atoms with Gasteiger partial charge in [0.05, 0.1) is 11.4 Å². The summed E-state index contributed by atoms with van der Waals surface area (Å²) in [6.45, 7) is 0.502. The van der Waals surface area contributed by atoms with Gasteiger partial charge in [0.1, 0.15) is 0 Å². The third-order valence-electron chi connectivity index (χ3n) is 2.51. The average molecular weight is 261 g/mol. The SMILES string of the molecule is NCc1ccc(NC(=O)Cc2csc(N)c2)cc1. The smallest absolute Gasteiger partial charge is 0.228 e. The summed E-state index contributed by atoms with van der Waals surface area (Å²) in [5.74, 6) is -0.0479. The molecule has 0 saturated carbocycles. The number of carbonyl (C=O) groups excluding carboxylic acids is 1. The van der Waals surface area contributed by atoms with Crippen molar-refractivity contribution >= 4 is 27.9 Å². The molecule has 4 nitrogen and oxygen atoms in total. The van der Waals surface area contributed by atoms with Crippen LogP contribution in [0, 0.1) is 0 Å². The van der Waals surface area contributed by atoms with Crippen molar-refractivity contribution in [1.29, 1.82) is 0 Å². The van der Waals surface area contributed by atoms with Crippen LogP contribution >= 0.6 is 11.3 Å². The standard InChI is InChI=1S/C13H15N3OS/c14-7-9-1-3-11(4-2-9)16-13(17)6-10-5-12(15)18-8-10/h1-5,8H,6-7,14-15H2,(H,16,17). The van der Waals surface area contributed by atoms with Gasteiger partial charge in [0.2, 0.25) is 5.91 Å². The molecule has 2 aromatic rings. The number of nitrogens with two attached hydrogens (primary N) is 2. The minimum Gasteiger partial charge on any atom is -0.391 e. The highest BCUT2D eigenvalue weighted by Gasteiger charge is 2.05. The lowest BCUT2D eigenvalue weighted by molar-refractivity contribution is -0.115. The summed E-state index contributed by atoms with van der Waals surface area (Å²) in [5.41, 5.74) is 13.9. The third kappa shape index (κ3) is 3.32. The minimum atomic E-state index is -0.0479. The summed E-state index contributed by atoms with van der Waals surface area (Å²) in [7, 11) is 0. The maximum atomic E-state index is 11.8. The van der Waals surface area contributed by atoms with Crippen molar-refractivity contribution in [2.45, 2.75) is 13.0 Å². The molecule has 0 unspecified atom stereocenters. The van der Waals surface area contributed by atoms with Crippen molar-refractivity contribution in [3.63, 3.8) is 0 Å². The Labute approximate surface area is 110 Å². The molecule has 1 amide bonds. The quantitative estimate of drug-likeness (QED) is 0.787. The molecule has 5 N–H and O–H groups in total. The molecule has 0 spiro atoms. The monoisotopic (exact) mass is 261 g/mol. The van der Waals surface area contributed by atoms with Gasteiger partial charge in [-0.25, -0.2) is 0 Å². The maximum absolute atomic E-state index is 11.8. The summed E-state index contributed by atoms with van der Waals surface area (Å²) in [5, 5.41) is 5.46. The summed E-state index contributed by atoms with van der Waals surface area (Å²) >= 11 is 1.44. The van der Waals surface area contributed by atoms with Gasteiger partial charge >= 0.3 is 0 Å².